The zero-order valence-corrected chi connectivity index (χ0v) is 16.9. The molecule has 3 heterocycles. The molecule has 0 bridgehead atoms. The number of aliphatic carboxylic acids is 1. The molecule has 1 N–H and O–H groups in total. The lowest BCUT2D eigenvalue weighted by Gasteiger charge is -2.13. The number of amides is 1. The second kappa shape index (κ2) is 7.03. The highest BCUT2D eigenvalue weighted by Gasteiger charge is 2.35. The zero-order valence-electron chi connectivity index (χ0n) is 16.1. The SMILES string of the molecule is COc1ccc(-c2nc3sc(=C4C(=O)N(CC(=O)O)c5ccccc54)c(=O)n3n2)cc1. The van der Waals surface area contributed by atoms with Crippen LogP contribution >= 0.6 is 11.3 Å². The predicted octanol–water partition coefficient (Wildman–Crippen LogP) is 1.18. The van der Waals surface area contributed by atoms with Crippen LogP contribution in [0.4, 0.5) is 5.69 Å². The first kappa shape index (κ1) is 18.9. The number of para-hydroxylation sites is 1. The van der Waals surface area contributed by atoms with E-state index in [0.29, 0.717) is 27.8 Å². The molecule has 0 spiro atoms. The zero-order chi connectivity index (χ0) is 21.7. The van der Waals surface area contributed by atoms with E-state index >= 15 is 0 Å². The highest BCUT2D eigenvalue weighted by Crippen LogP contribution is 2.35. The molecular weight excluding hydrogens is 420 g/mol. The van der Waals surface area contributed by atoms with E-state index < -0.39 is 24.0 Å². The van der Waals surface area contributed by atoms with Crippen molar-refractivity contribution >= 4 is 39.4 Å². The number of anilines is 1. The van der Waals surface area contributed by atoms with Crippen molar-refractivity contribution in [2.24, 2.45) is 0 Å². The molecule has 0 fully saturated rings. The Hall–Kier alpha value is -4.05. The summed E-state index contributed by atoms with van der Waals surface area (Å²) in [5.74, 6) is -0.593. The Balaban J connectivity index is 1.67. The van der Waals surface area contributed by atoms with Crippen LogP contribution in [0.1, 0.15) is 5.56 Å². The van der Waals surface area contributed by atoms with Crippen molar-refractivity contribution in [3.05, 3.63) is 69.0 Å². The third-order valence-corrected chi connectivity index (χ3v) is 5.98. The van der Waals surface area contributed by atoms with Crippen LogP contribution in [0.2, 0.25) is 0 Å². The third-order valence-electron chi connectivity index (χ3n) is 4.95. The van der Waals surface area contributed by atoms with E-state index in [1.54, 1.807) is 55.6 Å². The molecule has 31 heavy (non-hydrogen) atoms. The number of nitrogens with zero attached hydrogens (tertiary/aromatic N) is 4. The van der Waals surface area contributed by atoms with Gasteiger partial charge in [-0.1, -0.05) is 29.5 Å². The quantitative estimate of drug-likeness (QED) is 0.513. The smallest absolute Gasteiger partial charge is 0.323 e. The van der Waals surface area contributed by atoms with Gasteiger partial charge in [0.15, 0.2) is 5.82 Å². The molecule has 154 valence electrons. The van der Waals surface area contributed by atoms with E-state index in [4.69, 9.17) is 4.74 Å². The molecule has 1 aliphatic heterocycles. The van der Waals surface area contributed by atoms with Gasteiger partial charge in [-0.2, -0.15) is 9.50 Å². The van der Waals surface area contributed by atoms with Gasteiger partial charge in [-0.25, -0.2) is 0 Å². The lowest BCUT2D eigenvalue weighted by atomic mass is 10.1. The van der Waals surface area contributed by atoms with Crippen LogP contribution in [-0.4, -0.2) is 45.2 Å². The maximum Gasteiger partial charge on any atom is 0.323 e. The number of fused-ring (bicyclic) bond motifs is 2. The topological polar surface area (TPSA) is 114 Å². The number of carboxylic acid groups (broad SMARTS) is 1. The molecule has 10 heteroatoms. The maximum absolute atomic E-state index is 13.1. The lowest BCUT2D eigenvalue weighted by Crippen LogP contribution is -2.35. The largest absolute Gasteiger partial charge is 0.497 e. The Kier molecular flexibility index (Phi) is 4.29. The van der Waals surface area contributed by atoms with Crippen molar-refractivity contribution in [3.8, 4) is 17.1 Å². The summed E-state index contributed by atoms with van der Waals surface area (Å²) in [6.45, 7) is -0.490. The molecule has 9 nitrogen and oxygen atoms in total. The van der Waals surface area contributed by atoms with E-state index in [9.17, 15) is 19.5 Å². The molecule has 0 saturated heterocycles. The number of methoxy groups -OCH3 is 1. The number of benzene rings is 2. The van der Waals surface area contributed by atoms with Gasteiger partial charge < -0.3 is 9.84 Å². The number of carboxylic acids is 1. The monoisotopic (exact) mass is 434 g/mol. The van der Waals surface area contributed by atoms with Gasteiger partial charge in [-0.15, -0.1) is 5.10 Å². The van der Waals surface area contributed by atoms with Crippen molar-refractivity contribution in [2.75, 3.05) is 18.6 Å². The standard InChI is InChI=1S/C21H14N4O5S/c1-30-12-8-6-11(7-9-12)18-22-21-25(23-18)20(29)17(31-21)16-13-4-2-3-5-14(13)24(19(16)28)10-15(26)27/h2-9H,10H2,1H3,(H,26,27). The molecular formula is C21H14N4O5S. The fourth-order valence-corrected chi connectivity index (χ4v) is 4.54. The first-order valence-corrected chi connectivity index (χ1v) is 10.0. The summed E-state index contributed by atoms with van der Waals surface area (Å²) in [5, 5.41) is 13.5. The lowest BCUT2D eigenvalue weighted by molar-refractivity contribution is -0.136. The first-order valence-electron chi connectivity index (χ1n) is 9.19. The number of carbonyl (C=O) groups excluding carboxylic acids is 1. The number of hydrogen-bond acceptors (Lipinski definition) is 7. The third kappa shape index (κ3) is 2.96. The summed E-state index contributed by atoms with van der Waals surface area (Å²) in [6.07, 6.45) is 0. The Labute approximate surface area is 178 Å². The van der Waals surface area contributed by atoms with E-state index in [1.807, 2.05) is 0 Å². The van der Waals surface area contributed by atoms with Gasteiger partial charge in [0.2, 0.25) is 4.96 Å². The Morgan fingerprint density at radius 3 is 2.55 bits per heavy atom. The molecule has 0 radical (unpaired) electrons. The van der Waals surface area contributed by atoms with Gasteiger partial charge in [0, 0.05) is 11.1 Å². The van der Waals surface area contributed by atoms with Gasteiger partial charge >= 0.3 is 5.97 Å². The van der Waals surface area contributed by atoms with Crippen molar-refractivity contribution in [1.82, 2.24) is 14.6 Å². The number of ether oxygens (including phenoxy) is 1. The number of hydrogen-bond donors (Lipinski definition) is 1. The van der Waals surface area contributed by atoms with Crippen molar-refractivity contribution in [3.63, 3.8) is 0 Å². The second-order valence-corrected chi connectivity index (χ2v) is 7.75. The van der Waals surface area contributed by atoms with Gasteiger partial charge in [-0.3, -0.25) is 19.3 Å². The van der Waals surface area contributed by atoms with Crippen LogP contribution in [0.15, 0.2) is 53.3 Å². The minimum Gasteiger partial charge on any atom is -0.497 e. The van der Waals surface area contributed by atoms with E-state index in [1.165, 1.54) is 4.52 Å². The minimum absolute atomic E-state index is 0.171. The summed E-state index contributed by atoms with van der Waals surface area (Å²) in [4.78, 5) is 43.3. The van der Waals surface area contributed by atoms with Crippen LogP contribution in [0.3, 0.4) is 0 Å². The Morgan fingerprint density at radius 2 is 1.87 bits per heavy atom. The van der Waals surface area contributed by atoms with Crippen LogP contribution in [0.5, 0.6) is 5.75 Å². The van der Waals surface area contributed by atoms with Crippen molar-refractivity contribution < 1.29 is 19.4 Å². The van der Waals surface area contributed by atoms with Crippen molar-refractivity contribution in [1.29, 1.82) is 0 Å². The van der Waals surface area contributed by atoms with Crippen LogP contribution in [0.25, 0.3) is 21.9 Å². The normalized spacial score (nSPS) is 14.9. The Bertz CT molecular complexity index is 1470. The number of aromatic nitrogens is 3. The van der Waals surface area contributed by atoms with Gasteiger partial charge in [-0.05, 0) is 30.3 Å². The summed E-state index contributed by atoms with van der Waals surface area (Å²) in [7, 11) is 1.57. The highest BCUT2D eigenvalue weighted by molar-refractivity contribution is 7.15. The molecule has 0 aliphatic carbocycles. The van der Waals surface area contributed by atoms with Gasteiger partial charge in [0.1, 0.15) is 16.8 Å². The molecule has 0 saturated carbocycles. The number of carbonyl (C=O) groups is 2. The average Bonchev–Trinajstić information content (AvgIpc) is 3.40. The molecule has 2 aromatic carbocycles. The maximum atomic E-state index is 13.1. The van der Waals surface area contributed by atoms with Crippen LogP contribution < -0.4 is 19.7 Å². The summed E-state index contributed by atoms with van der Waals surface area (Å²) in [6, 6.07) is 13.9. The average molecular weight is 434 g/mol. The number of thiazole rings is 1. The van der Waals surface area contributed by atoms with Gasteiger partial charge in [0.25, 0.3) is 11.5 Å². The van der Waals surface area contributed by atoms with Gasteiger partial charge in [0.05, 0.1) is 18.4 Å². The van der Waals surface area contributed by atoms with E-state index in [2.05, 4.69) is 10.1 Å². The fourth-order valence-electron chi connectivity index (χ4n) is 3.54. The minimum atomic E-state index is -1.14. The van der Waals surface area contributed by atoms with Crippen LogP contribution in [-0.2, 0) is 9.59 Å². The predicted molar refractivity (Wildman–Crippen MR) is 113 cm³/mol. The fraction of sp³-hybridized carbons (Fsp3) is 0.0952. The van der Waals surface area contributed by atoms with Crippen LogP contribution in [0, 0.1) is 0 Å². The highest BCUT2D eigenvalue weighted by atomic mass is 32.1. The molecule has 1 amide bonds. The molecule has 5 rings (SSSR count). The molecule has 4 aromatic rings. The van der Waals surface area contributed by atoms with E-state index in [-0.39, 0.29) is 10.1 Å². The first-order chi connectivity index (χ1) is 15.0. The number of rotatable bonds is 4. The molecule has 0 unspecified atom stereocenters. The molecule has 2 aromatic heterocycles. The Morgan fingerprint density at radius 1 is 1.13 bits per heavy atom. The summed E-state index contributed by atoms with van der Waals surface area (Å²) < 4.78 is 6.49. The summed E-state index contributed by atoms with van der Waals surface area (Å²) >= 11 is 1.05. The molecule has 1 aliphatic rings. The van der Waals surface area contributed by atoms with E-state index in [0.717, 1.165) is 21.8 Å². The van der Waals surface area contributed by atoms with Crippen molar-refractivity contribution in [2.45, 2.75) is 0 Å². The molecule has 0 atom stereocenters. The summed E-state index contributed by atoms with van der Waals surface area (Å²) in [5.41, 5.74) is 1.40. The second-order valence-electron chi connectivity index (χ2n) is 6.77.